The molecule has 0 radical (unpaired) electrons. The summed E-state index contributed by atoms with van der Waals surface area (Å²) in [6, 6.07) is 14.9. The summed E-state index contributed by atoms with van der Waals surface area (Å²) >= 11 is 0. The van der Waals surface area contributed by atoms with Crippen molar-refractivity contribution in [2.75, 3.05) is 54.1 Å². The maximum absolute atomic E-state index is 12.8. The molecule has 0 bridgehead atoms. The van der Waals surface area contributed by atoms with Crippen LogP contribution in [0.4, 0.5) is 23.0 Å². The zero-order valence-electron chi connectivity index (χ0n) is 19.8. The van der Waals surface area contributed by atoms with Gasteiger partial charge in [-0.2, -0.15) is 0 Å². The number of morpholine rings is 1. The average molecular weight is 496 g/mol. The van der Waals surface area contributed by atoms with E-state index in [9.17, 15) is 9.00 Å². The molecule has 3 aromatic rings. The van der Waals surface area contributed by atoms with Gasteiger partial charge in [0.1, 0.15) is 11.0 Å². The van der Waals surface area contributed by atoms with Crippen molar-refractivity contribution in [2.24, 2.45) is 0 Å². The molecule has 1 aliphatic rings. The molecule has 2 N–H and O–H groups in total. The summed E-state index contributed by atoms with van der Waals surface area (Å²) in [7, 11) is -1.13. The molecule has 1 atom stereocenters. The van der Waals surface area contributed by atoms with Crippen molar-refractivity contribution in [3.05, 3.63) is 60.3 Å². The molecule has 1 aromatic heterocycles. The number of carbonyl (C=O) groups is 1. The average Bonchev–Trinajstić information content (AvgIpc) is 2.88. The van der Waals surface area contributed by atoms with E-state index in [0.29, 0.717) is 50.1 Å². The maximum atomic E-state index is 12.8. The van der Waals surface area contributed by atoms with Crippen LogP contribution in [-0.2, 0) is 20.5 Å². The number of benzene rings is 2. The third-order valence-corrected chi connectivity index (χ3v) is 5.88. The number of nitrogens with one attached hydrogen (secondary N) is 2. The number of rotatable bonds is 9. The van der Waals surface area contributed by atoms with E-state index in [1.165, 1.54) is 0 Å². The lowest BCUT2D eigenvalue weighted by Gasteiger charge is -2.30. The van der Waals surface area contributed by atoms with Gasteiger partial charge in [0, 0.05) is 42.5 Å². The number of anilines is 4. The van der Waals surface area contributed by atoms with Crippen LogP contribution in [0.1, 0.15) is 23.7 Å². The first kappa shape index (κ1) is 24.6. The molecule has 1 fully saturated rings. The number of aromatic nitrogens is 2. The second-order valence-corrected chi connectivity index (χ2v) is 9.10. The molecule has 0 amide bonds. The summed E-state index contributed by atoms with van der Waals surface area (Å²) < 4.78 is 25.1. The third kappa shape index (κ3) is 6.55. The van der Waals surface area contributed by atoms with Gasteiger partial charge >= 0.3 is 5.97 Å². The first-order chi connectivity index (χ1) is 17.0. The van der Waals surface area contributed by atoms with Gasteiger partial charge in [-0.3, -0.25) is 0 Å². The van der Waals surface area contributed by atoms with E-state index in [1.807, 2.05) is 49.4 Å². The molecular weight excluding hydrogens is 466 g/mol. The zero-order chi connectivity index (χ0) is 24.6. The van der Waals surface area contributed by atoms with Gasteiger partial charge in [-0.1, -0.05) is 19.1 Å². The van der Waals surface area contributed by atoms with Gasteiger partial charge in [0.05, 0.1) is 36.8 Å². The Kier molecular flexibility index (Phi) is 8.27. The summed E-state index contributed by atoms with van der Waals surface area (Å²) in [6.07, 6.45) is 4.01. The van der Waals surface area contributed by atoms with Crippen LogP contribution in [0.2, 0.25) is 0 Å². The van der Waals surface area contributed by atoms with Crippen LogP contribution in [0.25, 0.3) is 11.3 Å². The third-order valence-electron chi connectivity index (χ3n) is 5.36. The summed E-state index contributed by atoms with van der Waals surface area (Å²) in [4.78, 5) is 23.9. The summed E-state index contributed by atoms with van der Waals surface area (Å²) in [6.45, 7) is 5.01. The van der Waals surface area contributed by atoms with Crippen molar-refractivity contribution < 1.29 is 18.5 Å². The Hall–Kier alpha value is -3.50. The minimum absolute atomic E-state index is 0.353. The van der Waals surface area contributed by atoms with Gasteiger partial charge in [0.2, 0.25) is 5.95 Å². The highest BCUT2D eigenvalue weighted by Gasteiger charge is 2.20. The quantitative estimate of drug-likeness (QED) is 0.429. The van der Waals surface area contributed by atoms with E-state index in [0.717, 1.165) is 29.1 Å². The normalized spacial score (nSPS) is 14.3. The summed E-state index contributed by atoms with van der Waals surface area (Å²) in [5.41, 5.74) is 4.42. The minimum atomic E-state index is -1.13. The van der Waals surface area contributed by atoms with E-state index in [4.69, 9.17) is 9.47 Å². The summed E-state index contributed by atoms with van der Waals surface area (Å²) in [5, 5.41) is 3.21. The highest BCUT2D eigenvalue weighted by Crippen LogP contribution is 2.28. The van der Waals surface area contributed by atoms with E-state index < -0.39 is 11.0 Å². The molecule has 1 saturated heterocycles. The Labute approximate surface area is 207 Å². The van der Waals surface area contributed by atoms with Gasteiger partial charge in [0.15, 0.2) is 0 Å². The Bertz CT molecular complexity index is 1180. The van der Waals surface area contributed by atoms with Crippen molar-refractivity contribution in [1.82, 2.24) is 9.97 Å². The predicted octanol–water partition coefficient (Wildman–Crippen LogP) is 4.00. The minimum Gasteiger partial charge on any atom is -0.462 e. The Morgan fingerprint density at radius 3 is 2.57 bits per heavy atom. The van der Waals surface area contributed by atoms with Crippen molar-refractivity contribution in [2.45, 2.75) is 13.3 Å². The van der Waals surface area contributed by atoms with E-state index in [1.54, 1.807) is 18.5 Å². The number of hydrogen-bond donors (Lipinski definition) is 2. The van der Waals surface area contributed by atoms with Crippen molar-refractivity contribution in [3.8, 4) is 11.3 Å². The van der Waals surface area contributed by atoms with Crippen LogP contribution in [-0.4, -0.2) is 59.3 Å². The van der Waals surface area contributed by atoms with Crippen LogP contribution in [0.15, 0.2) is 54.7 Å². The highest BCUT2D eigenvalue weighted by molar-refractivity contribution is 7.85. The molecule has 0 saturated carbocycles. The molecule has 4 rings (SSSR count). The van der Waals surface area contributed by atoms with Crippen LogP contribution in [0.5, 0.6) is 0 Å². The molecule has 1 aliphatic heterocycles. The smallest absolute Gasteiger partial charge is 0.340 e. The molecule has 10 heteroatoms. The van der Waals surface area contributed by atoms with Gasteiger partial charge in [-0.05, 0) is 42.8 Å². The first-order valence-electron chi connectivity index (χ1n) is 11.5. The second-order valence-electron chi connectivity index (χ2n) is 7.99. The standard InChI is InChI=1S/C25H29N5O4S/c1-3-14-34-24(31)21-17-20(8-9-23(21)30-12-15-33-16-13-30)27-25-26-11-10-22(28-25)18-4-6-19(7-5-18)29-35(2)32/h4-11,17,29H,3,12-16H2,1-2H3,(H,26,27,28). The van der Waals surface area contributed by atoms with E-state index in [2.05, 4.69) is 24.9 Å². The molecular formula is C25H29N5O4S. The van der Waals surface area contributed by atoms with Gasteiger partial charge < -0.3 is 24.4 Å². The highest BCUT2D eigenvalue weighted by atomic mass is 32.2. The first-order valence-corrected chi connectivity index (χ1v) is 13.0. The Morgan fingerprint density at radius 1 is 1.11 bits per heavy atom. The Morgan fingerprint density at radius 2 is 1.86 bits per heavy atom. The number of esters is 1. The molecule has 9 nitrogen and oxygen atoms in total. The second kappa shape index (κ2) is 11.8. The van der Waals surface area contributed by atoms with Gasteiger partial charge in [-0.15, -0.1) is 0 Å². The van der Waals surface area contributed by atoms with Crippen molar-refractivity contribution in [3.63, 3.8) is 0 Å². The predicted molar refractivity (Wildman–Crippen MR) is 138 cm³/mol. The largest absolute Gasteiger partial charge is 0.462 e. The summed E-state index contributed by atoms with van der Waals surface area (Å²) in [5.74, 6) is 0.0553. The van der Waals surface area contributed by atoms with Crippen LogP contribution < -0.4 is 14.9 Å². The van der Waals surface area contributed by atoms with Crippen LogP contribution in [0, 0.1) is 0 Å². The van der Waals surface area contributed by atoms with Crippen LogP contribution >= 0.6 is 0 Å². The SMILES string of the molecule is CCCOC(=O)c1cc(Nc2nccc(-c3ccc(NS(C)=O)cc3)n2)ccc1N1CCOCC1. The molecule has 2 aromatic carbocycles. The van der Waals surface area contributed by atoms with Crippen molar-refractivity contribution in [1.29, 1.82) is 0 Å². The molecule has 0 aliphatic carbocycles. The molecule has 1 unspecified atom stereocenters. The molecule has 2 heterocycles. The number of hydrogen-bond acceptors (Lipinski definition) is 8. The topological polar surface area (TPSA) is 106 Å². The fraction of sp³-hybridized carbons (Fsp3) is 0.320. The van der Waals surface area contributed by atoms with E-state index >= 15 is 0 Å². The lowest BCUT2D eigenvalue weighted by Crippen LogP contribution is -2.37. The van der Waals surface area contributed by atoms with Gasteiger partial charge in [0.25, 0.3) is 0 Å². The van der Waals surface area contributed by atoms with Gasteiger partial charge in [-0.25, -0.2) is 19.0 Å². The fourth-order valence-corrected chi connectivity index (χ4v) is 4.18. The molecule has 35 heavy (non-hydrogen) atoms. The lowest BCUT2D eigenvalue weighted by molar-refractivity contribution is 0.0505. The maximum Gasteiger partial charge on any atom is 0.340 e. The van der Waals surface area contributed by atoms with Crippen LogP contribution in [0.3, 0.4) is 0 Å². The lowest BCUT2D eigenvalue weighted by atomic mass is 10.1. The zero-order valence-corrected chi connectivity index (χ0v) is 20.6. The Balaban J connectivity index is 1.56. The monoisotopic (exact) mass is 495 g/mol. The molecule has 0 spiro atoms. The molecule has 184 valence electrons. The van der Waals surface area contributed by atoms with Crippen molar-refractivity contribution >= 4 is 40.0 Å². The number of carbonyl (C=O) groups excluding carboxylic acids is 1. The van der Waals surface area contributed by atoms with E-state index in [-0.39, 0.29) is 5.97 Å². The number of ether oxygens (including phenoxy) is 2. The number of nitrogens with zero attached hydrogens (tertiary/aromatic N) is 3. The fourth-order valence-electron chi connectivity index (χ4n) is 3.71.